The summed E-state index contributed by atoms with van der Waals surface area (Å²) >= 11 is 0. The molecule has 1 fully saturated rings. The zero-order chi connectivity index (χ0) is 11.1. The van der Waals surface area contributed by atoms with Crippen LogP contribution in [-0.2, 0) is 4.74 Å². The average molecular weight is 219 g/mol. The van der Waals surface area contributed by atoms with Gasteiger partial charge in [-0.05, 0) is 0 Å². The number of halogens is 4. The van der Waals surface area contributed by atoms with Crippen LogP contribution in [0.2, 0.25) is 0 Å². The summed E-state index contributed by atoms with van der Waals surface area (Å²) in [5.74, 6) is -9.36. The fourth-order valence-electron chi connectivity index (χ4n) is 1.11. The fourth-order valence-corrected chi connectivity index (χ4v) is 1.11. The van der Waals surface area contributed by atoms with Gasteiger partial charge in [0.15, 0.2) is 0 Å². The summed E-state index contributed by atoms with van der Waals surface area (Å²) in [7, 11) is 0. The second-order valence-corrected chi connectivity index (χ2v) is 2.98. The van der Waals surface area contributed by atoms with Crippen LogP contribution in [0.4, 0.5) is 17.6 Å². The minimum Gasteiger partial charge on any atom is -0.394 e. The molecule has 1 rings (SSSR count). The highest BCUT2D eigenvalue weighted by molar-refractivity contribution is 5.02. The third-order valence-corrected chi connectivity index (χ3v) is 2.06. The summed E-state index contributed by atoms with van der Waals surface area (Å²) in [5, 5.41) is 17.1. The van der Waals surface area contributed by atoms with Gasteiger partial charge in [-0.2, -0.15) is 17.6 Å². The van der Waals surface area contributed by atoms with E-state index in [9.17, 15) is 17.6 Å². The molecular formula is C6H9F4NO3. The van der Waals surface area contributed by atoms with Gasteiger partial charge < -0.3 is 20.7 Å². The van der Waals surface area contributed by atoms with E-state index >= 15 is 0 Å². The van der Waals surface area contributed by atoms with Gasteiger partial charge in [0.2, 0.25) is 6.29 Å². The lowest BCUT2D eigenvalue weighted by Gasteiger charge is -2.42. The first-order chi connectivity index (χ1) is 6.25. The van der Waals surface area contributed by atoms with Gasteiger partial charge in [0.25, 0.3) is 0 Å². The SMILES string of the molecule is N[C@@H]1[C@@H](CO)OC(O)C(F)(F)C1(F)F. The highest BCUT2D eigenvalue weighted by Gasteiger charge is 2.70. The molecule has 4 N–H and O–H groups in total. The Labute approximate surface area is 76.3 Å². The van der Waals surface area contributed by atoms with Gasteiger partial charge >= 0.3 is 11.8 Å². The molecule has 1 aliphatic rings. The van der Waals surface area contributed by atoms with Crippen molar-refractivity contribution in [1.29, 1.82) is 0 Å². The molecule has 0 saturated carbocycles. The normalized spacial score (nSPS) is 40.9. The number of hydrogen-bond donors (Lipinski definition) is 3. The second-order valence-electron chi connectivity index (χ2n) is 2.98. The van der Waals surface area contributed by atoms with Crippen LogP contribution in [0.1, 0.15) is 0 Å². The van der Waals surface area contributed by atoms with E-state index in [1.165, 1.54) is 0 Å². The van der Waals surface area contributed by atoms with E-state index in [0.717, 1.165) is 0 Å². The minimum atomic E-state index is -4.75. The molecule has 0 amide bonds. The predicted molar refractivity (Wildman–Crippen MR) is 35.8 cm³/mol. The quantitative estimate of drug-likeness (QED) is 0.509. The lowest BCUT2D eigenvalue weighted by atomic mass is 9.95. The molecule has 84 valence electrons. The van der Waals surface area contributed by atoms with Crippen LogP contribution in [0.25, 0.3) is 0 Å². The number of aliphatic hydroxyl groups excluding tert-OH is 2. The summed E-state index contributed by atoms with van der Waals surface area (Å²) in [5.41, 5.74) is 4.78. The van der Waals surface area contributed by atoms with Crippen molar-refractivity contribution in [3.05, 3.63) is 0 Å². The van der Waals surface area contributed by atoms with Gasteiger partial charge in [0, 0.05) is 0 Å². The third-order valence-electron chi connectivity index (χ3n) is 2.06. The lowest BCUT2D eigenvalue weighted by molar-refractivity contribution is -0.372. The molecule has 1 saturated heterocycles. The molecule has 0 bridgehead atoms. The molecule has 0 spiro atoms. The van der Waals surface area contributed by atoms with Crippen LogP contribution >= 0.6 is 0 Å². The summed E-state index contributed by atoms with van der Waals surface area (Å²) in [6.07, 6.45) is -4.67. The number of alkyl halides is 4. The van der Waals surface area contributed by atoms with E-state index in [2.05, 4.69) is 4.74 Å². The first kappa shape index (κ1) is 11.6. The Morgan fingerprint density at radius 3 is 2.14 bits per heavy atom. The largest absolute Gasteiger partial charge is 0.394 e. The number of nitrogens with two attached hydrogens (primary N) is 1. The average Bonchev–Trinajstić information content (AvgIpc) is 2.10. The van der Waals surface area contributed by atoms with Gasteiger partial charge in [-0.3, -0.25) is 0 Å². The first-order valence-electron chi connectivity index (χ1n) is 3.70. The van der Waals surface area contributed by atoms with Gasteiger partial charge in [0.1, 0.15) is 12.1 Å². The van der Waals surface area contributed by atoms with Crippen LogP contribution in [-0.4, -0.2) is 47.1 Å². The van der Waals surface area contributed by atoms with E-state index in [1.54, 1.807) is 0 Å². The third kappa shape index (κ3) is 1.38. The van der Waals surface area contributed by atoms with Crippen LogP contribution in [0, 0.1) is 0 Å². The standard InChI is InChI=1S/C6H9F4NO3/c7-5(8)3(11)2(1-12)14-4(13)6(5,9)10/h2-4,12-13H,1,11H2/t2-,3-,4?/m1/s1. The van der Waals surface area contributed by atoms with Gasteiger partial charge in [0.05, 0.1) is 6.61 Å². The molecule has 0 aromatic heterocycles. The summed E-state index contributed by atoms with van der Waals surface area (Å²) < 4.78 is 55.0. The van der Waals surface area contributed by atoms with E-state index in [4.69, 9.17) is 15.9 Å². The first-order valence-corrected chi connectivity index (χ1v) is 3.70. The highest BCUT2D eigenvalue weighted by Crippen LogP contribution is 2.44. The Kier molecular flexibility index (Phi) is 2.74. The van der Waals surface area contributed by atoms with E-state index < -0.39 is 36.9 Å². The molecular weight excluding hydrogens is 210 g/mol. The number of aliphatic hydroxyl groups is 2. The van der Waals surface area contributed by atoms with E-state index in [0.29, 0.717) is 0 Å². The van der Waals surface area contributed by atoms with Gasteiger partial charge in [-0.15, -0.1) is 0 Å². The molecule has 0 aromatic carbocycles. The molecule has 8 heteroatoms. The minimum absolute atomic E-state index is 0.968. The van der Waals surface area contributed by atoms with Crippen molar-refractivity contribution in [2.45, 2.75) is 30.3 Å². The number of hydrogen-bond acceptors (Lipinski definition) is 4. The summed E-state index contributed by atoms with van der Waals surface area (Å²) in [4.78, 5) is 0. The van der Waals surface area contributed by atoms with Crippen molar-refractivity contribution < 1.29 is 32.5 Å². The molecule has 1 aliphatic heterocycles. The molecule has 1 heterocycles. The Bertz CT molecular complexity index is 225. The van der Waals surface area contributed by atoms with Crippen molar-refractivity contribution >= 4 is 0 Å². The zero-order valence-corrected chi connectivity index (χ0v) is 6.83. The topological polar surface area (TPSA) is 75.7 Å². The molecule has 0 aromatic rings. The van der Waals surface area contributed by atoms with Crippen LogP contribution in [0.15, 0.2) is 0 Å². The predicted octanol–water partition coefficient (Wildman–Crippen LogP) is -0.706. The van der Waals surface area contributed by atoms with Crippen molar-refractivity contribution in [2.75, 3.05) is 6.61 Å². The molecule has 1 unspecified atom stereocenters. The monoisotopic (exact) mass is 219 g/mol. The Balaban J connectivity index is 2.98. The lowest BCUT2D eigenvalue weighted by Crippen LogP contribution is -2.69. The van der Waals surface area contributed by atoms with E-state index in [1.807, 2.05) is 0 Å². The maximum atomic E-state index is 12.8. The van der Waals surface area contributed by atoms with Crippen molar-refractivity contribution in [3.8, 4) is 0 Å². The maximum absolute atomic E-state index is 12.8. The van der Waals surface area contributed by atoms with Gasteiger partial charge in [-0.25, -0.2) is 0 Å². The molecule has 4 nitrogen and oxygen atoms in total. The van der Waals surface area contributed by atoms with Crippen molar-refractivity contribution in [2.24, 2.45) is 5.73 Å². The summed E-state index contributed by atoms with van der Waals surface area (Å²) in [6.45, 7) is -0.968. The van der Waals surface area contributed by atoms with Gasteiger partial charge in [-0.1, -0.05) is 0 Å². The molecule has 14 heavy (non-hydrogen) atoms. The van der Waals surface area contributed by atoms with Crippen LogP contribution in [0.3, 0.4) is 0 Å². The smallest absolute Gasteiger partial charge is 0.361 e. The molecule has 0 radical (unpaired) electrons. The maximum Gasteiger partial charge on any atom is 0.361 e. The number of rotatable bonds is 1. The highest BCUT2D eigenvalue weighted by atomic mass is 19.3. The van der Waals surface area contributed by atoms with Crippen molar-refractivity contribution in [3.63, 3.8) is 0 Å². The fraction of sp³-hybridized carbons (Fsp3) is 1.00. The van der Waals surface area contributed by atoms with Crippen LogP contribution < -0.4 is 5.73 Å². The Hall–Kier alpha value is -0.440. The molecule has 0 aliphatic carbocycles. The summed E-state index contributed by atoms with van der Waals surface area (Å²) in [6, 6.07) is -2.36. The van der Waals surface area contributed by atoms with E-state index in [-0.39, 0.29) is 0 Å². The van der Waals surface area contributed by atoms with Crippen molar-refractivity contribution in [1.82, 2.24) is 0 Å². The Morgan fingerprint density at radius 2 is 1.71 bits per heavy atom. The molecule has 3 atom stereocenters. The zero-order valence-electron chi connectivity index (χ0n) is 6.83. The van der Waals surface area contributed by atoms with Crippen LogP contribution in [0.5, 0.6) is 0 Å². The Morgan fingerprint density at radius 1 is 1.21 bits per heavy atom. The number of ether oxygens (including phenoxy) is 1. The second kappa shape index (κ2) is 3.30.